The molecule has 2 fully saturated rings. The van der Waals surface area contributed by atoms with Crippen LogP contribution in [0.15, 0.2) is 18.2 Å². The summed E-state index contributed by atoms with van der Waals surface area (Å²) in [4.78, 5) is 16.2. The summed E-state index contributed by atoms with van der Waals surface area (Å²) in [5.41, 5.74) is 0.283. The van der Waals surface area contributed by atoms with Gasteiger partial charge in [-0.3, -0.25) is 9.69 Å². The second kappa shape index (κ2) is 7.13. The number of piperidine rings is 1. The van der Waals surface area contributed by atoms with Crippen LogP contribution in [-0.4, -0.2) is 63.8 Å². The topological polar surface area (TPSA) is 64.0 Å². The third-order valence-corrected chi connectivity index (χ3v) is 4.92. The molecule has 3 rings (SSSR count). The minimum Gasteiger partial charge on any atom is -0.395 e. The molecule has 0 aromatic heterocycles. The maximum Gasteiger partial charge on any atom is 0.240 e. The molecule has 2 aliphatic heterocycles. The van der Waals surface area contributed by atoms with Crippen LogP contribution < -0.4 is 0 Å². The van der Waals surface area contributed by atoms with Crippen molar-refractivity contribution in [3.63, 3.8) is 0 Å². The first-order valence-electron chi connectivity index (χ1n) is 8.27. The molecule has 2 aliphatic rings. The predicted molar refractivity (Wildman–Crippen MR) is 83.0 cm³/mol. The van der Waals surface area contributed by atoms with Crippen molar-refractivity contribution in [2.45, 2.75) is 44.0 Å². The molecule has 5 nitrogen and oxygen atoms in total. The number of hydrogen-bond acceptors (Lipinski definition) is 4. The molecule has 0 radical (unpaired) electrons. The Labute approximate surface area is 139 Å². The number of hydrogen-bond donors (Lipinski definition) is 2. The maximum atomic E-state index is 13.8. The summed E-state index contributed by atoms with van der Waals surface area (Å²) in [5.74, 6) is -1.43. The minimum atomic E-state index is -0.658. The number of carbonyl (C=O) groups excluding carboxylic acids is 1. The van der Waals surface area contributed by atoms with Crippen LogP contribution in [0.25, 0.3) is 0 Å². The number of aliphatic hydroxyl groups excluding tert-OH is 2. The summed E-state index contributed by atoms with van der Waals surface area (Å²) < 4.78 is 26.9. The Morgan fingerprint density at radius 1 is 1.29 bits per heavy atom. The van der Waals surface area contributed by atoms with Gasteiger partial charge in [0.05, 0.1) is 18.8 Å². The van der Waals surface area contributed by atoms with Gasteiger partial charge in [-0.15, -0.1) is 0 Å². The van der Waals surface area contributed by atoms with Gasteiger partial charge in [0.25, 0.3) is 0 Å². The molecular weight excluding hydrogens is 318 g/mol. The largest absolute Gasteiger partial charge is 0.395 e. The SMILES string of the molecule is O=C1[C@H](N2C[C@H](O)C[C@H]2CO)CCCN1Cc1ccc(F)cc1F. The lowest BCUT2D eigenvalue weighted by Gasteiger charge is -2.39. The van der Waals surface area contributed by atoms with Crippen LogP contribution in [0, 0.1) is 11.6 Å². The summed E-state index contributed by atoms with van der Waals surface area (Å²) in [6, 6.07) is 2.73. The molecule has 2 saturated heterocycles. The van der Waals surface area contributed by atoms with E-state index in [9.17, 15) is 23.8 Å². The zero-order valence-electron chi connectivity index (χ0n) is 13.4. The molecule has 1 aromatic rings. The van der Waals surface area contributed by atoms with Crippen LogP contribution in [0.2, 0.25) is 0 Å². The van der Waals surface area contributed by atoms with E-state index in [-0.39, 0.29) is 30.7 Å². The van der Waals surface area contributed by atoms with E-state index in [1.54, 1.807) is 4.90 Å². The smallest absolute Gasteiger partial charge is 0.240 e. The highest BCUT2D eigenvalue weighted by molar-refractivity contribution is 5.82. The van der Waals surface area contributed by atoms with Crippen molar-refractivity contribution in [3.05, 3.63) is 35.4 Å². The fraction of sp³-hybridized carbons (Fsp3) is 0.588. The number of aliphatic hydroxyl groups is 2. The molecule has 0 saturated carbocycles. The highest BCUT2D eigenvalue weighted by Gasteiger charge is 2.41. The second-order valence-corrected chi connectivity index (χ2v) is 6.58. The summed E-state index contributed by atoms with van der Waals surface area (Å²) in [7, 11) is 0. The summed E-state index contributed by atoms with van der Waals surface area (Å²) in [6.07, 6.45) is 1.33. The van der Waals surface area contributed by atoms with Crippen LogP contribution in [0.4, 0.5) is 8.78 Å². The molecule has 1 amide bonds. The van der Waals surface area contributed by atoms with Crippen molar-refractivity contribution in [1.82, 2.24) is 9.80 Å². The standard InChI is InChI=1S/C17H22F2N2O3/c18-12-4-3-11(15(19)6-12)8-20-5-1-2-16(17(20)24)21-9-14(23)7-13(21)10-22/h3-4,6,13-14,16,22-23H,1-2,5,7-10H2/t13-,14+,16+/m0/s1. The molecule has 132 valence electrons. The number of amides is 1. The van der Waals surface area contributed by atoms with Gasteiger partial charge in [-0.05, 0) is 25.3 Å². The van der Waals surface area contributed by atoms with Crippen LogP contribution in [0.1, 0.15) is 24.8 Å². The van der Waals surface area contributed by atoms with E-state index in [2.05, 4.69) is 0 Å². The third-order valence-electron chi connectivity index (χ3n) is 4.92. The average Bonchev–Trinajstić information content (AvgIpc) is 2.92. The molecule has 3 atom stereocenters. The molecule has 2 N–H and O–H groups in total. The predicted octanol–water partition coefficient (Wildman–Crippen LogP) is 0.883. The maximum absolute atomic E-state index is 13.8. The van der Waals surface area contributed by atoms with E-state index in [1.165, 1.54) is 12.1 Å². The molecule has 0 unspecified atom stereocenters. The van der Waals surface area contributed by atoms with E-state index < -0.39 is 23.8 Å². The number of nitrogens with zero attached hydrogens (tertiary/aromatic N) is 2. The molecular formula is C17H22F2N2O3. The van der Waals surface area contributed by atoms with Crippen LogP contribution in [0.5, 0.6) is 0 Å². The van der Waals surface area contributed by atoms with Gasteiger partial charge in [0.1, 0.15) is 11.6 Å². The van der Waals surface area contributed by atoms with Gasteiger partial charge >= 0.3 is 0 Å². The Bertz CT molecular complexity index is 613. The summed E-state index contributed by atoms with van der Waals surface area (Å²) in [6.45, 7) is 0.877. The molecule has 7 heteroatoms. The molecule has 2 heterocycles. The highest BCUT2D eigenvalue weighted by atomic mass is 19.1. The number of halogens is 2. The third kappa shape index (κ3) is 3.43. The van der Waals surface area contributed by atoms with Gasteiger partial charge in [-0.2, -0.15) is 0 Å². The number of β-amino-alcohol motifs (C(OH)–C–C–N with tert-alkyl or cyclic N) is 1. The first-order chi connectivity index (χ1) is 11.5. The lowest BCUT2D eigenvalue weighted by Crippen LogP contribution is -2.54. The summed E-state index contributed by atoms with van der Waals surface area (Å²) >= 11 is 0. The lowest BCUT2D eigenvalue weighted by atomic mass is 10.0. The Kier molecular flexibility index (Phi) is 5.12. The van der Waals surface area contributed by atoms with Crippen molar-refractivity contribution in [3.8, 4) is 0 Å². The zero-order valence-corrected chi connectivity index (χ0v) is 13.4. The molecule has 0 bridgehead atoms. The van der Waals surface area contributed by atoms with Crippen molar-refractivity contribution in [1.29, 1.82) is 0 Å². The summed E-state index contributed by atoms with van der Waals surface area (Å²) in [5, 5.41) is 19.3. The van der Waals surface area contributed by atoms with Gasteiger partial charge in [-0.25, -0.2) is 8.78 Å². The molecule has 24 heavy (non-hydrogen) atoms. The quantitative estimate of drug-likeness (QED) is 0.854. The Morgan fingerprint density at radius 2 is 2.08 bits per heavy atom. The average molecular weight is 340 g/mol. The van der Waals surface area contributed by atoms with E-state index in [1.807, 2.05) is 4.90 Å². The first kappa shape index (κ1) is 17.3. The number of carbonyl (C=O) groups is 1. The number of likely N-dealkylation sites (tertiary alicyclic amines) is 2. The van der Waals surface area contributed by atoms with E-state index in [0.29, 0.717) is 25.9 Å². The van der Waals surface area contributed by atoms with E-state index in [4.69, 9.17) is 0 Å². The minimum absolute atomic E-state index is 0.0988. The van der Waals surface area contributed by atoms with Gasteiger partial charge in [-0.1, -0.05) is 6.07 Å². The van der Waals surface area contributed by atoms with E-state index in [0.717, 1.165) is 12.5 Å². The van der Waals surface area contributed by atoms with Crippen molar-refractivity contribution >= 4 is 5.91 Å². The van der Waals surface area contributed by atoms with Gasteiger partial charge < -0.3 is 15.1 Å². The van der Waals surface area contributed by atoms with E-state index >= 15 is 0 Å². The lowest BCUT2D eigenvalue weighted by molar-refractivity contribution is -0.141. The van der Waals surface area contributed by atoms with Gasteiger partial charge in [0, 0.05) is 37.3 Å². The van der Waals surface area contributed by atoms with Crippen molar-refractivity contribution in [2.24, 2.45) is 0 Å². The number of rotatable bonds is 4. The fourth-order valence-electron chi connectivity index (χ4n) is 3.72. The van der Waals surface area contributed by atoms with Crippen molar-refractivity contribution in [2.75, 3.05) is 19.7 Å². The Morgan fingerprint density at radius 3 is 2.79 bits per heavy atom. The highest BCUT2D eigenvalue weighted by Crippen LogP contribution is 2.27. The van der Waals surface area contributed by atoms with Crippen LogP contribution in [-0.2, 0) is 11.3 Å². The van der Waals surface area contributed by atoms with Gasteiger partial charge in [0.15, 0.2) is 0 Å². The van der Waals surface area contributed by atoms with Gasteiger partial charge in [0.2, 0.25) is 5.91 Å². The first-order valence-corrected chi connectivity index (χ1v) is 8.27. The normalized spacial score (nSPS) is 28.6. The van der Waals surface area contributed by atoms with Crippen LogP contribution >= 0.6 is 0 Å². The molecule has 1 aromatic carbocycles. The zero-order chi connectivity index (χ0) is 17.3. The Hall–Kier alpha value is -1.57. The second-order valence-electron chi connectivity index (χ2n) is 6.58. The Balaban J connectivity index is 1.73. The molecule has 0 spiro atoms. The number of benzene rings is 1. The monoisotopic (exact) mass is 340 g/mol. The molecule has 0 aliphatic carbocycles. The van der Waals surface area contributed by atoms with Crippen molar-refractivity contribution < 1.29 is 23.8 Å². The van der Waals surface area contributed by atoms with Crippen LogP contribution in [0.3, 0.4) is 0 Å². The fourth-order valence-corrected chi connectivity index (χ4v) is 3.72.